The van der Waals surface area contributed by atoms with Crippen LogP contribution in [0.3, 0.4) is 0 Å². The molecule has 0 radical (unpaired) electrons. The molecule has 19 heavy (non-hydrogen) atoms. The number of ether oxygens (including phenoxy) is 2. The minimum Gasteiger partial charge on any atom is -0.493 e. The summed E-state index contributed by atoms with van der Waals surface area (Å²) in [4.78, 5) is 0. The minimum atomic E-state index is 0.758. The summed E-state index contributed by atoms with van der Waals surface area (Å²) in [5.41, 5.74) is 0. The molecule has 0 saturated heterocycles. The number of methoxy groups -OCH3 is 1. The Morgan fingerprint density at radius 1 is 1.00 bits per heavy atom. The molecule has 1 rings (SSSR count). The molecule has 0 aliphatic carbocycles. The fourth-order valence-corrected chi connectivity index (χ4v) is 2.64. The first-order valence-corrected chi connectivity index (χ1v) is 8.16. The number of benzene rings is 1. The molecule has 0 spiro atoms. The first-order chi connectivity index (χ1) is 9.24. The third kappa shape index (κ3) is 7.36. The standard InChI is InChI=1S/C16H26O2S/c1-14(2)19-13-9-5-4-8-12-18-16-11-7-6-10-15(16)17-3/h6-7,10-11,14H,4-5,8-9,12-13H2,1-3H3. The molecule has 0 atom stereocenters. The van der Waals surface area contributed by atoms with Gasteiger partial charge in [0.25, 0.3) is 0 Å². The average molecular weight is 282 g/mol. The number of rotatable bonds is 10. The van der Waals surface area contributed by atoms with Crippen molar-refractivity contribution in [3.8, 4) is 11.5 Å². The average Bonchev–Trinajstić information content (AvgIpc) is 2.42. The summed E-state index contributed by atoms with van der Waals surface area (Å²) >= 11 is 2.05. The van der Waals surface area contributed by atoms with Crippen LogP contribution in [-0.4, -0.2) is 24.7 Å². The SMILES string of the molecule is COc1ccccc1OCCCCCCSC(C)C. The number of para-hydroxylation sites is 2. The van der Waals surface area contributed by atoms with Gasteiger partial charge in [0.2, 0.25) is 0 Å². The van der Waals surface area contributed by atoms with Crippen LogP contribution in [0.25, 0.3) is 0 Å². The van der Waals surface area contributed by atoms with Crippen LogP contribution < -0.4 is 9.47 Å². The number of unbranched alkanes of at least 4 members (excludes halogenated alkanes) is 3. The second kappa shape index (κ2) is 10.0. The van der Waals surface area contributed by atoms with Crippen molar-refractivity contribution in [2.45, 2.75) is 44.8 Å². The molecule has 108 valence electrons. The topological polar surface area (TPSA) is 18.5 Å². The monoisotopic (exact) mass is 282 g/mol. The zero-order chi connectivity index (χ0) is 13.9. The van der Waals surface area contributed by atoms with Gasteiger partial charge in [0, 0.05) is 0 Å². The predicted octanol–water partition coefficient (Wildman–Crippen LogP) is 4.78. The number of thioether (sulfide) groups is 1. The van der Waals surface area contributed by atoms with E-state index in [4.69, 9.17) is 9.47 Å². The number of hydrogen-bond donors (Lipinski definition) is 0. The van der Waals surface area contributed by atoms with E-state index in [-0.39, 0.29) is 0 Å². The summed E-state index contributed by atoms with van der Waals surface area (Å²) in [6, 6.07) is 7.82. The molecule has 0 aromatic heterocycles. The smallest absolute Gasteiger partial charge is 0.161 e. The van der Waals surface area contributed by atoms with Gasteiger partial charge >= 0.3 is 0 Å². The van der Waals surface area contributed by atoms with Gasteiger partial charge in [0.05, 0.1) is 13.7 Å². The Hall–Kier alpha value is -0.830. The Balaban J connectivity index is 2.04. The maximum atomic E-state index is 5.74. The van der Waals surface area contributed by atoms with E-state index in [0.717, 1.165) is 29.8 Å². The normalized spacial score (nSPS) is 10.7. The van der Waals surface area contributed by atoms with Crippen molar-refractivity contribution in [2.75, 3.05) is 19.5 Å². The summed E-state index contributed by atoms with van der Waals surface area (Å²) in [6.07, 6.45) is 4.98. The molecular formula is C16H26O2S. The van der Waals surface area contributed by atoms with Crippen molar-refractivity contribution >= 4 is 11.8 Å². The van der Waals surface area contributed by atoms with Crippen LogP contribution in [-0.2, 0) is 0 Å². The third-order valence-electron chi connectivity index (χ3n) is 2.82. The highest BCUT2D eigenvalue weighted by Crippen LogP contribution is 2.25. The van der Waals surface area contributed by atoms with Crippen molar-refractivity contribution in [1.82, 2.24) is 0 Å². The van der Waals surface area contributed by atoms with E-state index in [9.17, 15) is 0 Å². The lowest BCUT2D eigenvalue weighted by Crippen LogP contribution is -1.99. The fraction of sp³-hybridized carbons (Fsp3) is 0.625. The van der Waals surface area contributed by atoms with Crippen molar-refractivity contribution in [3.05, 3.63) is 24.3 Å². The van der Waals surface area contributed by atoms with Gasteiger partial charge in [-0.15, -0.1) is 0 Å². The molecule has 0 amide bonds. The van der Waals surface area contributed by atoms with E-state index in [1.54, 1.807) is 7.11 Å². The van der Waals surface area contributed by atoms with Crippen molar-refractivity contribution < 1.29 is 9.47 Å². The van der Waals surface area contributed by atoms with Crippen LogP contribution in [0.1, 0.15) is 39.5 Å². The lowest BCUT2D eigenvalue weighted by atomic mass is 10.2. The van der Waals surface area contributed by atoms with E-state index in [0.29, 0.717) is 0 Å². The van der Waals surface area contributed by atoms with Gasteiger partial charge in [0.15, 0.2) is 11.5 Å². The molecule has 0 heterocycles. The van der Waals surface area contributed by atoms with E-state index < -0.39 is 0 Å². The first-order valence-electron chi connectivity index (χ1n) is 7.11. The Labute approximate surface area is 121 Å². The Kier molecular flexibility index (Phi) is 8.55. The predicted molar refractivity (Wildman–Crippen MR) is 84.6 cm³/mol. The summed E-state index contributed by atoms with van der Waals surface area (Å²) in [5.74, 6) is 2.95. The van der Waals surface area contributed by atoms with Gasteiger partial charge in [-0.1, -0.05) is 38.8 Å². The van der Waals surface area contributed by atoms with Crippen LogP contribution in [0.2, 0.25) is 0 Å². The molecule has 2 nitrogen and oxygen atoms in total. The molecule has 0 aliphatic heterocycles. The second-order valence-electron chi connectivity index (χ2n) is 4.83. The maximum Gasteiger partial charge on any atom is 0.161 e. The highest BCUT2D eigenvalue weighted by atomic mass is 32.2. The Morgan fingerprint density at radius 3 is 2.37 bits per heavy atom. The molecule has 0 unspecified atom stereocenters. The highest BCUT2D eigenvalue weighted by Gasteiger charge is 2.01. The highest BCUT2D eigenvalue weighted by molar-refractivity contribution is 7.99. The molecule has 0 N–H and O–H groups in total. The van der Waals surface area contributed by atoms with Crippen LogP contribution in [0, 0.1) is 0 Å². The Bertz CT molecular complexity index is 339. The van der Waals surface area contributed by atoms with Crippen molar-refractivity contribution in [2.24, 2.45) is 0 Å². The summed E-state index contributed by atoms with van der Waals surface area (Å²) in [5, 5.41) is 0.758. The number of hydrogen-bond acceptors (Lipinski definition) is 3. The van der Waals surface area contributed by atoms with E-state index in [2.05, 4.69) is 13.8 Å². The van der Waals surface area contributed by atoms with Crippen molar-refractivity contribution in [1.29, 1.82) is 0 Å². The van der Waals surface area contributed by atoms with Gasteiger partial charge < -0.3 is 9.47 Å². The summed E-state index contributed by atoms with van der Waals surface area (Å²) < 4.78 is 11.0. The minimum absolute atomic E-state index is 0.758. The van der Waals surface area contributed by atoms with Gasteiger partial charge in [-0.2, -0.15) is 11.8 Å². The largest absolute Gasteiger partial charge is 0.493 e. The van der Waals surface area contributed by atoms with E-state index >= 15 is 0 Å². The van der Waals surface area contributed by atoms with Crippen LogP contribution in [0.4, 0.5) is 0 Å². The molecule has 0 aliphatic rings. The molecule has 1 aromatic carbocycles. The maximum absolute atomic E-state index is 5.74. The summed E-state index contributed by atoms with van der Waals surface area (Å²) in [7, 11) is 1.68. The summed E-state index contributed by atoms with van der Waals surface area (Å²) in [6.45, 7) is 5.29. The van der Waals surface area contributed by atoms with Gasteiger partial charge in [-0.25, -0.2) is 0 Å². The molecule has 0 saturated carbocycles. The molecule has 3 heteroatoms. The zero-order valence-corrected chi connectivity index (χ0v) is 13.2. The first kappa shape index (κ1) is 16.2. The third-order valence-corrected chi connectivity index (χ3v) is 4.01. The van der Waals surface area contributed by atoms with Gasteiger partial charge in [-0.05, 0) is 36.0 Å². The molecule has 1 aromatic rings. The molecular weight excluding hydrogens is 256 g/mol. The fourth-order valence-electron chi connectivity index (χ4n) is 1.80. The molecule has 0 bridgehead atoms. The quantitative estimate of drug-likeness (QED) is 0.576. The van der Waals surface area contributed by atoms with Crippen LogP contribution in [0.15, 0.2) is 24.3 Å². The van der Waals surface area contributed by atoms with Crippen LogP contribution in [0.5, 0.6) is 11.5 Å². The zero-order valence-electron chi connectivity index (χ0n) is 12.4. The second-order valence-corrected chi connectivity index (χ2v) is 6.52. The van der Waals surface area contributed by atoms with Crippen molar-refractivity contribution in [3.63, 3.8) is 0 Å². The lowest BCUT2D eigenvalue weighted by Gasteiger charge is -2.10. The Morgan fingerprint density at radius 2 is 1.68 bits per heavy atom. The van der Waals surface area contributed by atoms with E-state index in [1.165, 1.54) is 25.0 Å². The van der Waals surface area contributed by atoms with Crippen LogP contribution >= 0.6 is 11.8 Å². The lowest BCUT2D eigenvalue weighted by molar-refractivity contribution is 0.285. The van der Waals surface area contributed by atoms with Gasteiger partial charge in [0.1, 0.15) is 0 Å². The van der Waals surface area contributed by atoms with Gasteiger partial charge in [-0.3, -0.25) is 0 Å². The van der Waals surface area contributed by atoms with E-state index in [1.807, 2.05) is 36.0 Å². The molecule has 0 fully saturated rings.